The Bertz CT molecular complexity index is 1200. The van der Waals surface area contributed by atoms with Crippen molar-refractivity contribution in [3.63, 3.8) is 0 Å². The van der Waals surface area contributed by atoms with Crippen LogP contribution in [-0.4, -0.2) is 27.9 Å². The van der Waals surface area contributed by atoms with Gasteiger partial charge in [-0.05, 0) is 59.9 Å². The molecule has 1 fully saturated rings. The van der Waals surface area contributed by atoms with Gasteiger partial charge in [-0.1, -0.05) is 50.6 Å². The van der Waals surface area contributed by atoms with Gasteiger partial charge in [0.2, 0.25) is 0 Å². The fourth-order valence-corrected chi connectivity index (χ4v) is 5.26. The van der Waals surface area contributed by atoms with Crippen LogP contribution in [0.4, 0.5) is 10.5 Å². The zero-order valence-electron chi connectivity index (χ0n) is 19.6. The molecule has 1 unspecified atom stereocenters. The number of hydrogen-bond acceptors (Lipinski definition) is 4. The molecule has 2 aliphatic heterocycles. The minimum atomic E-state index is -0.494. The summed E-state index contributed by atoms with van der Waals surface area (Å²) >= 11 is 0. The Labute approximate surface area is 200 Å². The minimum Gasteiger partial charge on any atom is -0.487 e. The molecule has 6 heteroatoms. The van der Waals surface area contributed by atoms with E-state index in [1.165, 1.54) is 4.90 Å². The van der Waals surface area contributed by atoms with Crippen LogP contribution in [0.1, 0.15) is 55.1 Å². The number of para-hydroxylation sites is 1. The van der Waals surface area contributed by atoms with Gasteiger partial charge < -0.3 is 9.64 Å². The molecule has 3 heterocycles. The summed E-state index contributed by atoms with van der Waals surface area (Å²) in [7, 11) is 0. The van der Waals surface area contributed by atoms with Crippen LogP contribution in [0.5, 0.6) is 5.75 Å². The summed E-state index contributed by atoms with van der Waals surface area (Å²) in [5, 5.41) is 0. The van der Waals surface area contributed by atoms with Gasteiger partial charge in [-0.3, -0.25) is 9.78 Å². The van der Waals surface area contributed by atoms with Crippen LogP contribution >= 0.6 is 0 Å². The number of anilines is 1. The number of ether oxygens (including phenoxy) is 1. The number of benzene rings is 2. The minimum absolute atomic E-state index is 0.139. The molecule has 1 aromatic heterocycles. The molecule has 1 saturated heterocycles. The van der Waals surface area contributed by atoms with Crippen LogP contribution in [0.2, 0.25) is 0 Å². The zero-order chi connectivity index (χ0) is 23.7. The number of hydrogen-bond donors (Lipinski definition) is 0. The molecule has 6 nitrogen and oxygen atoms in total. The van der Waals surface area contributed by atoms with E-state index in [2.05, 4.69) is 24.9 Å². The number of amides is 3. The van der Waals surface area contributed by atoms with Gasteiger partial charge >= 0.3 is 6.03 Å². The second-order valence-electron chi connectivity index (χ2n) is 8.81. The Balaban J connectivity index is 1.52. The van der Waals surface area contributed by atoms with Crippen molar-refractivity contribution in [2.75, 3.05) is 4.90 Å². The molecule has 0 saturated carbocycles. The average Bonchev–Trinajstić information content (AvgIpc) is 3.13. The molecule has 0 radical (unpaired) electrons. The van der Waals surface area contributed by atoms with E-state index in [0.717, 1.165) is 47.4 Å². The molecule has 34 heavy (non-hydrogen) atoms. The standard InChI is InChI=1S/C28H29N3O3/c1-3-10-22-23-17-25-27(32)30(20-12-6-5-7-13-20)28(33)31(25)24(4-2)21(23)14-15-26(22)34-18-19-11-8-9-16-29-19/h5-9,11-16,24-25H,3-4,10,17-18H2,1-2H3/t24?,25-/m0/s1. The molecular formula is C28H29N3O3. The van der Waals surface area contributed by atoms with Crippen LogP contribution < -0.4 is 9.64 Å². The SMILES string of the molecule is CCCc1c(OCc2ccccn2)ccc2c1C[C@H]1C(=O)N(c3ccccc3)C(=O)N1C2CC. The molecule has 3 aromatic rings. The van der Waals surface area contributed by atoms with Crippen molar-refractivity contribution in [2.45, 2.75) is 58.2 Å². The molecule has 0 spiro atoms. The first-order chi connectivity index (χ1) is 16.6. The molecule has 3 amide bonds. The highest BCUT2D eigenvalue weighted by Gasteiger charge is 2.51. The van der Waals surface area contributed by atoms with Crippen molar-refractivity contribution in [3.8, 4) is 5.75 Å². The fraction of sp³-hybridized carbons (Fsp3) is 0.321. The summed E-state index contributed by atoms with van der Waals surface area (Å²) in [6.45, 7) is 4.61. The summed E-state index contributed by atoms with van der Waals surface area (Å²) < 4.78 is 6.22. The van der Waals surface area contributed by atoms with Gasteiger partial charge in [0.05, 0.1) is 17.4 Å². The van der Waals surface area contributed by atoms with E-state index >= 15 is 0 Å². The van der Waals surface area contributed by atoms with Crippen molar-refractivity contribution in [3.05, 3.63) is 89.2 Å². The predicted octanol–water partition coefficient (Wildman–Crippen LogP) is 5.46. The fourth-order valence-electron chi connectivity index (χ4n) is 5.26. The Hall–Kier alpha value is -3.67. The molecule has 0 N–H and O–H groups in total. The van der Waals surface area contributed by atoms with Crippen molar-refractivity contribution in [1.29, 1.82) is 0 Å². The van der Waals surface area contributed by atoms with Crippen LogP contribution in [0.15, 0.2) is 66.9 Å². The molecule has 2 aromatic carbocycles. The molecule has 0 bridgehead atoms. The van der Waals surface area contributed by atoms with E-state index in [1.807, 2.05) is 54.6 Å². The summed E-state index contributed by atoms with van der Waals surface area (Å²) in [5.41, 5.74) is 4.93. The van der Waals surface area contributed by atoms with E-state index in [9.17, 15) is 9.59 Å². The first-order valence-corrected chi connectivity index (χ1v) is 12.0. The normalized spacial score (nSPS) is 19.2. The van der Waals surface area contributed by atoms with E-state index in [-0.39, 0.29) is 18.0 Å². The maximum Gasteiger partial charge on any atom is 0.332 e. The number of pyridine rings is 1. The average molecular weight is 456 g/mol. The number of carbonyl (C=O) groups excluding carboxylic acids is 2. The summed E-state index contributed by atoms with van der Waals surface area (Å²) in [4.78, 5) is 34.5. The van der Waals surface area contributed by atoms with Gasteiger partial charge in [0.1, 0.15) is 18.4 Å². The van der Waals surface area contributed by atoms with E-state index in [4.69, 9.17) is 4.74 Å². The lowest BCUT2D eigenvalue weighted by Crippen LogP contribution is -2.43. The number of carbonyl (C=O) groups is 2. The number of nitrogens with zero attached hydrogens (tertiary/aromatic N) is 3. The summed E-state index contributed by atoms with van der Waals surface area (Å²) in [6, 6.07) is 18.2. The maximum atomic E-state index is 13.5. The molecule has 2 atom stereocenters. The van der Waals surface area contributed by atoms with Gasteiger partial charge in [0.25, 0.3) is 5.91 Å². The van der Waals surface area contributed by atoms with Gasteiger partial charge in [-0.25, -0.2) is 9.69 Å². The van der Waals surface area contributed by atoms with Crippen LogP contribution in [0, 0.1) is 0 Å². The lowest BCUT2D eigenvalue weighted by Gasteiger charge is -2.38. The third-order valence-corrected chi connectivity index (χ3v) is 6.77. The zero-order valence-corrected chi connectivity index (χ0v) is 19.6. The number of aromatic nitrogens is 1. The number of rotatable bonds is 7. The van der Waals surface area contributed by atoms with Crippen molar-refractivity contribution >= 4 is 17.6 Å². The Kier molecular flexibility index (Phi) is 6.05. The quantitative estimate of drug-likeness (QED) is 0.444. The third-order valence-electron chi connectivity index (χ3n) is 6.77. The molecule has 5 rings (SSSR count). The molecule has 174 valence electrons. The topological polar surface area (TPSA) is 62.7 Å². The van der Waals surface area contributed by atoms with Gasteiger partial charge in [-0.15, -0.1) is 0 Å². The first kappa shape index (κ1) is 22.1. The van der Waals surface area contributed by atoms with Crippen molar-refractivity contribution < 1.29 is 14.3 Å². The number of urea groups is 1. The Morgan fingerprint density at radius 1 is 1.00 bits per heavy atom. The van der Waals surface area contributed by atoms with Crippen LogP contribution in [0.25, 0.3) is 0 Å². The van der Waals surface area contributed by atoms with Gasteiger partial charge in [0.15, 0.2) is 0 Å². The maximum absolute atomic E-state index is 13.5. The highest BCUT2D eigenvalue weighted by atomic mass is 16.5. The molecule has 0 aliphatic carbocycles. The van der Waals surface area contributed by atoms with Crippen LogP contribution in [0.3, 0.4) is 0 Å². The van der Waals surface area contributed by atoms with E-state index < -0.39 is 6.04 Å². The summed E-state index contributed by atoms with van der Waals surface area (Å²) in [5.74, 6) is 0.689. The second kappa shape index (κ2) is 9.29. The van der Waals surface area contributed by atoms with Gasteiger partial charge in [-0.2, -0.15) is 0 Å². The lowest BCUT2D eigenvalue weighted by atomic mass is 9.83. The Morgan fingerprint density at radius 2 is 1.79 bits per heavy atom. The monoisotopic (exact) mass is 455 g/mol. The van der Waals surface area contributed by atoms with Crippen molar-refractivity contribution in [2.24, 2.45) is 0 Å². The Morgan fingerprint density at radius 3 is 2.50 bits per heavy atom. The highest BCUT2D eigenvalue weighted by molar-refractivity contribution is 6.21. The van der Waals surface area contributed by atoms with Gasteiger partial charge in [0, 0.05) is 12.6 Å². The van der Waals surface area contributed by atoms with Crippen molar-refractivity contribution in [1.82, 2.24) is 9.88 Å². The first-order valence-electron chi connectivity index (χ1n) is 12.0. The van der Waals surface area contributed by atoms with E-state index in [1.54, 1.807) is 11.1 Å². The highest BCUT2D eigenvalue weighted by Crippen LogP contribution is 2.44. The molecular weight excluding hydrogens is 426 g/mol. The largest absolute Gasteiger partial charge is 0.487 e. The molecule has 2 aliphatic rings. The lowest BCUT2D eigenvalue weighted by molar-refractivity contribution is -0.120. The number of fused-ring (bicyclic) bond motifs is 2. The number of imide groups is 1. The van der Waals surface area contributed by atoms with Crippen LogP contribution in [-0.2, 0) is 24.2 Å². The predicted molar refractivity (Wildman–Crippen MR) is 131 cm³/mol. The smallest absolute Gasteiger partial charge is 0.332 e. The third kappa shape index (κ3) is 3.73. The second-order valence-corrected chi connectivity index (χ2v) is 8.81. The summed E-state index contributed by atoms with van der Waals surface area (Å²) in [6.07, 6.45) is 4.83. The van der Waals surface area contributed by atoms with E-state index in [0.29, 0.717) is 18.7 Å².